The lowest BCUT2D eigenvalue weighted by Gasteiger charge is -2.07. The molecule has 0 saturated carbocycles. The van der Waals surface area contributed by atoms with Gasteiger partial charge in [0.15, 0.2) is 0 Å². The maximum atomic E-state index is 12.9. The average molecular weight is 291 g/mol. The highest BCUT2D eigenvalue weighted by molar-refractivity contribution is 6.16. The van der Waals surface area contributed by atoms with Crippen LogP contribution in [0.2, 0.25) is 0 Å². The van der Waals surface area contributed by atoms with Crippen molar-refractivity contribution in [2.75, 3.05) is 0 Å². The molecule has 3 aromatic rings. The zero-order chi connectivity index (χ0) is 15.7. The summed E-state index contributed by atoms with van der Waals surface area (Å²) >= 11 is 0. The molecule has 0 aliphatic rings. The van der Waals surface area contributed by atoms with Gasteiger partial charge in [0.25, 0.3) is 0 Å². The Kier molecular flexibility index (Phi) is 3.36. The Morgan fingerprint density at radius 3 is 2.77 bits per heavy atom. The molecule has 2 aromatic carbocycles. The second kappa shape index (κ2) is 5.34. The van der Waals surface area contributed by atoms with Crippen LogP contribution in [0.3, 0.4) is 0 Å². The summed E-state index contributed by atoms with van der Waals surface area (Å²) in [7, 11) is 0. The van der Waals surface area contributed by atoms with E-state index in [4.69, 9.17) is 5.26 Å². The van der Waals surface area contributed by atoms with Gasteiger partial charge in [-0.15, -0.1) is 0 Å². The van der Waals surface area contributed by atoms with Gasteiger partial charge in [0.2, 0.25) is 5.78 Å². The lowest BCUT2D eigenvalue weighted by molar-refractivity contribution is 0.102. The van der Waals surface area contributed by atoms with E-state index in [0.717, 1.165) is 10.9 Å². The molecule has 1 heterocycles. The van der Waals surface area contributed by atoms with E-state index in [1.807, 2.05) is 37.3 Å². The smallest absolute Gasteiger partial charge is 0.215 e. The maximum absolute atomic E-state index is 12.9. The van der Waals surface area contributed by atoms with Crippen molar-refractivity contribution in [1.82, 2.24) is 9.78 Å². The summed E-state index contributed by atoms with van der Waals surface area (Å²) in [5.74, 6) is -0.631. The Hall–Kier alpha value is -3.13. The van der Waals surface area contributed by atoms with Crippen LogP contribution in [0.4, 0.5) is 0 Å². The largest absolute Gasteiger partial charge is 0.506 e. The van der Waals surface area contributed by atoms with Crippen LogP contribution in [-0.4, -0.2) is 20.7 Å². The number of ketones is 1. The number of hydrogen-bond acceptors (Lipinski definition) is 4. The summed E-state index contributed by atoms with van der Waals surface area (Å²) in [5.41, 5.74) is 1.34. The van der Waals surface area contributed by atoms with Crippen LogP contribution in [0.5, 0.6) is 5.75 Å². The number of aromatic nitrogens is 2. The second-order valence-corrected chi connectivity index (χ2v) is 4.82. The molecule has 0 radical (unpaired) electrons. The first-order valence-electron chi connectivity index (χ1n) is 6.89. The van der Waals surface area contributed by atoms with Crippen LogP contribution in [-0.2, 0) is 6.54 Å². The number of phenolic OH excluding ortho intramolecular Hbond substituents is 1. The average Bonchev–Trinajstić information content (AvgIpc) is 2.93. The summed E-state index contributed by atoms with van der Waals surface area (Å²) in [6.45, 7) is 2.43. The molecule has 0 aliphatic carbocycles. The first-order valence-corrected chi connectivity index (χ1v) is 6.89. The third kappa shape index (κ3) is 2.02. The van der Waals surface area contributed by atoms with Crippen molar-refractivity contribution in [2.24, 2.45) is 0 Å². The quantitative estimate of drug-likeness (QED) is 0.752. The summed E-state index contributed by atoms with van der Waals surface area (Å²) < 4.78 is 1.62. The summed E-state index contributed by atoms with van der Waals surface area (Å²) in [6, 6.07) is 13.8. The molecule has 0 aliphatic heterocycles. The highest BCUT2D eigenvalue weighted by atomic mass is 16.3. The monoisotopic (exact) mass is 291 g/mol. The number of carbonyl (C=O) groups is 1. The van der Waals surface area contributed by atoms with E-state index in [-0.39, 0.29) is 22.7 Å². The van der Waals surface area contributed by atoms with Gasteiger partial charge in [-0.1, -0.05) is 24.3 Å². The first-order chi connectivity index (χ1) is 10.7. The number of aromatic hydroxyl groups is 1. The van der Waals surface area contributed by atoms with Crippen molar-refractivity contribution in [1.29, 1.82) is 5.26 Å². The van der Waals surface area contributed by atoms with Crippen LogP contribution in [0.1, 0.15) is 28.5 Å². The summed E-state index contributed by atoms with van der Waals surface area (Å²) in [6.07, 6.45) is 0. The molecule has 5 heteroatoms. The maximum Gasteiger partial charge on any atom is 0.215 e. The van der Waals surface area contributed by atoms with Crippen LogP contribution in [0.25, 0.3) is 10.9 Å². The lowest BCUT2D eigenvalue weighted by atomic mass is 10.0. The molecule has 22 heavy (non-hydrogen) atoms. The number of phenols is 1. The highest BCUT2D eigenvalue weighted by Gasteiger charge is 2.22. The molecule has 0 amide bonds. The molecule has 0 fully saturated rings. The van der Waals surface area contributed by atoms with Crippen molar-refractivity contribution in [2.45, 2.75) is 13.5 Å². The molecular formula is C17H13N3O2. The predicted octanol–water partition coefficient (Wildman–Crippen LogP) is 2.86. The fourth-order valence-corrected chi connectivity index (χ4v) is 2.49. The van der Waals surface area contributed by atoms with Crippen LogP contribution < -0.4 is 0 Å². The van der Waals surface area contributed by atoms with Crippen molar-refractivity contribution in [3.63, 3.8) is 0 Å². The number of carbonyl (C=O) groups excluding carboxylic acids is 1. The number of benzene rings is 2. The number of aryl methyl sites for hydroxylation is 1. The van der Waals surface area contributed by atoms with Gasteiger partial charge < -0.3 is 5.11 Å². The van der Waals surface area contributed by atoms with Gasteiger partial charge >= 0.3 is 0 Å². The second-order valence-electron chi connectivity index (χ2n) is 4.82. The van der Waals surface area contributed by atoms with Gasteiger partial charge in [0.1, 0.15) is 17.5 Å². The van der Waals surface area contributed by atoms with Crippen molar-refractivity contribution in [3.05, 3.63) is 59.3 Å². The third-order valence-electron chi connectivity index (χ3n) is 3.56. The fraction of sp³-hybridized carbons (Fsp3) is 0.118. The number of nitriles is 1. The van der Waals surface area contributed by atoms with Crippen LogP contribution in [0, 0.1) is 11.3 Å². The van der Waals surface area contributed by atoms with Gasteiger partial charge in [0, 0.05) is 11.9 Å². The van der Waals surface area contributed by atoms with Crippen molar-refractivity contribution in [3.8, 4) is 11.8 Å². The van der Waals surface area contributed by atoms with E-state index >= 15 is 0 Å². The lowest BCUT2D eigenvalue weighted by Crippen LogP contribution is -2.11. The zero-order valence-electron chi connectivity index (χ0n) is 11.9. The minimum Gasteiger partial charge on any atom is -0.506 e. The Morgan fingerprint density at radius 2 is 2.05 bits per heavy atom. The minimum absolute atomic E-state index is 0.0812. The molecule has 108 valence electrons. The van der Waals surface area contributed by atoms with Gasteiger partial charge in [-0.3, -0.25) is 9.48 Å². The van der Waals surface area contributed by atoms with Crippen LogP contribution >= 0.6 is 0 Å². The Bertz CT molecular complexity index is 919. The molecule has 0 bridgehead atoms. The van der Waals surface area contributed by atoms with E-state index in [1.165, 1.54) is 12.1 Å². The zero-order valence-corrected chi connectivity index (χ0v) is 11.9. The molecule has 1 N–H and O–H groups in total. The number of rotatable bonds is 3. The normalized spacial score (nSPS) is 10.5. The molecular weight excluding hydrogens is 278 g/mol. The van der Waals surface area contributed by atoms with E-state index in [9.17, 15) is 9.90 Å². The number of para-hydroxylation sites is 1. The molecule has 0 spiro atoms. The van der Waals surface area contributed by atoms with Gasteiger partial charge in [-0.2, -0.15) is 10.4 Å². The van der Waals surface area contributed by atoms with E-state index in [1.54, 1.807) is 10.7 Å². The third-order valence-corrected chi connectivity index (χ3v) is 3.56. The highest BCUT2D eigenvalue weighted by Crippen LogP contribution is 2.27. The number of fused-ring (bicyclic) bond motifs is 1. The van der Waals surface area contributed by atoms with Crippen molar-refractivity contribution < 1.29 is 9.90 Å². The first kappa shape index (κ1) is 13.8. The molecule has 3 rings (SSSR count). The standard InChI is InChI=1S/C17H13N3O2/c1-2-20-15(12-7-3-4-9-14(12)19-20)17(22)13-8-5-6-11(10-18)16(13)21/h3-9,21H,2H2,1H3. The summed E-state index contributed by atoms with van der Waals surface area (Å²) in [5, 5.41) is 24.2. The topological polar surface area (TPSA) is 78.9 Å². The van der Waals surface area contributed by atoms with Gasteiger partial charge in [0.05, 0.1) is 16.6 Å². The molecule has 0 unspecified atom stereocenters. The minimum atomic E-state index is -0.342. The SMILES string of the molecule is CCn1nc2ccccc2c1C(=O)c1cccc(C#N)c1O. The van der Waals surface area contributed by atoms with E-state index < -0.39 is 0 Å². The fourth-order valence-electron chi connectivity index (χ4n) is 2.49. The Labute approximate surface area is 127 Å². The van der Waals surface area contributed by atoms with Crippen molar-refractivity contribution >= 4 is 16.7 Å². The van der Waals surface area contributed by atoms with Gasteiger partial charge in [-0.05, 0) is 25.1 Å². The number of hydrogen-bond donors (Lipinski definition) is 1. The van der Waals surface area contributed by atoms with Gasteiger partial charge in [-0.25, -0.2) is 0 Å². The molecule has 1 aromatic heterocycles. The Morgan fingerprint density at radius 1 is 1.27 bits per heavy atom. The molecule has 5 nitrogen and oxygen atoms in total. The number of nitrogens with zero attached hydrogens (tertiary/aromatic N) is 3. The molecule has 0 atom stereocenters. The molecule has 0 saturated heterocycles. The summed E-state index contributed by atoms with van der Waals surface area (Å²) in [4.78, 5) is 12.9. The Balaban J connectivity index is 2.24. The van der Waals surface area contributed by atoms with Crippen LogP contribution in [0.15, 0.2) is 42.5 Å². The van der Waals surface area contributed by atoms with E-state index in [2.05, 4.69) is 5.10 Å². The van der Waals surface area contributed by atoms with E-state index in [0.29, 0.717) is 12.2 Å². The predicted molar refractivity (Wildman–Crippen MR) is 81.7 cm³/mol.